The fourth-order valence-electron chi connectivity index (χ4n) is 1.60. The van der Waals surface area contributed by atoms with Crippen LogP contribution in [0.2, 0.25) is 10.4 Å². The van der Waals surface area contributed by atoms with Crippen molar-refractivity contribution in [1.82, 2.24) is 9.97 Å². The molecule has 0 fully saturated rings. The second-order valence-corrected chi connectivity index (χ2v) is 5.73. The van der Waals surface area contributed by atoms with E-state index >= 15 is 0 Å². The van der Waals surface area contributed by atoms with Crippen LogP contribution < -0.4 is 0 Å². The van der Waals surface area contributed by atoms with E-state index in [2.05, 4.69) is 41.8 Å². The normalized spacial score (nSPS) is 11.5. The molecule has 3 aromatic rings. The number of furan rings is 1. The summed E-state index contributed by atoms with van der Waals surface area (Å²) in [5.41, 5.74) is 1.06. The van der Waals surface area contributed by atoms with Gasteiger partial charge in [0.25, 0.3) is 0 Å². The van der Waals surface area contributed by atoms with E-state index in [1.165, 1.54) is 0 Å². The van der Waals surface area contributed by atoms with Crippen LogP contribution in [0.4, 0.5) is 0 Å². The molecule has 0 aliphatic heterocycles. The quantitative estimate of drug-likeness (QED) is 0.387. The molecule has 2 heterocycles. The van der Waals surface area contributed by atoms with Crippen LogP contribution in [0.15, 0.2) is 25.5 Å². The summed E-state index contributed by atoms with van der Waals surface area (Å²) in [6, 6.07) is 3.74. The molecule has 0 N–H and O–H groups in total. The van der Waals surface area contributed by atoms with Crippen molar-refractivity contribution in [1.29, 1.82) is 0 Å². The van der Waals surface area contributed by atoms with Gasteiger partial charge in [-0.3, -0.25) is 0 Å². The highest BCUT2D eigenvalue weighted by Gasteiger charge is 2.15. The van der Waals surface area contributed by atoms with Crippen LogP contribution in [0.25, 0.3) is 22.1 Å². The van der Waals surface area contributed by atoms with Crippen molar-refractivity contribution in [3.63, 3.8) is 0 Å². The maximum atomic E-state index is 6.05. The van der Waals surface area contributed by atoms with Gasteiger partial charge in [-0.2, -0.15) is 4.98 Å². The van der Waals surface area contributed by atoms with Crippen molar-refractivity contribution >= 4 is 77.1 Å². The van der Waals surface area contributed by atoms with Crippen LogP contribution in [0.5, 0.6) is 0 Å². The van der Waals surface area contributed by atoms with Gasteiger partial charge in [0.15, 0.2) is 0 Å². The SMILES string of the molecule is Clc1nc(Cl)c2c(n1)oc1cc(Br)c(Br)cc12. The average Bonchev–Trinajstić information content (AvgIpc) is 2.56. The molecule has 1 aromatic carbocycles. The van der Waals surface area contributed by atoms with Crippen LogP contribution in [0.3, 0.4) is 0 Å². The third-order valence-electron chi connectivity index (χ3n) is 2.30. The summed E-state index contributed by atoms with van der Waals surface area (Å²) < 4.78 is 7.37. The number of fused-ring (bicyclic) bond motifs is 3. The lowest BCUT2D eigenvalue weighted by molar-refractivity contribution is 0.652. The third-order valence-corrected chi connectivity index (χ3v) is 4.59. The van der Waals surface area contributed by atoms with Gasteiger partial charge in [0.2, 0.25) is 11.0 Å². The van der Waals surface area contributed by atoms with Gasteiger partial charge < -0.3 is 4.42 Å². The first-order valence-electron chi connectivity index (χ1n) is 4.46. The summed E-state index contributed by atoms with van der Waals surface area (Å²) in [6.45, 7) is 0. The molecule has 0 aliphatic rings. The minimum atomic E-state index is 0.0692. The number of halogens is 4. The zero-order chi connectivity index (χ0) is 12.2. The molecule has 0 radical (unpaired) electrons. The lowest BCUT2D eigenvalue weighted by atomic mass is 10.2. The molecule has 0 aliphatic carbocycles. The molecule has 0 saturated carbocycles. The Bertz CT molecular complexity index is 757. The van der Waals surface area contributed by atoms with Crippen molar-refractivity contribution in [2.75, 3.05) is 0 Å². The molecular formula is C10H2Br2Cl2N2O. The summed E-state index contributed by atoms with van der Waals surface area (Å²) in [5, 5.41) is 1.86. The predicted octanol–water partition coefficient (Wildman–Crippen LogP) is 5.21. The van der Waals surface area contributed by atoms with Crippen molar-refractivity contribution in [3.05, 3.63) is 31.5 Å². The fraction of sp³-hybridized carbons (Fsp3) is 0. The lowest BCUT2D eigenvalue weighted by Gasteiger charge is -1.96. The fourth-order valence-corrected chi connectivity index (χ4v) is 2.74. The van der Waals surface area contributed by atoms with Gasteiger partial charge in [0, 0.05) is 14.3 Å². The Hall–Kier alpha value is -0.360. The Morgan fingerprint density at radius 1 is 1.06 bits per heavy atom. The minimum absolute atomic E-state index is 0.0692. The Labute approximate surface area is 122 Å². The number of rotatable bonds is 0. The molecule has 0 spiro atoms. The molecule has 0 amide bonds. The largest absolute Gasteiger partial charge is 0.437 e. The Kier molecular flexibility index (Phi) is 2.82. The molecule has 0 bridgehead atoms. The second kappa shape index (κ2) is 4.09. The van der Waals surface area contributed by atoms with Gasteiger partial charge in [-0.15, -0.1) is 0 Å². The van der Waals surface area contributed by atoms with E-state index in [0.29, 0.717) is 16.7 Å². The number of hydrogen-bond donors (Lipinski definition) is 0. The first-order chi connectivity index (χ1) is 8.06. The van der Waals surface area contributed by atoms with Crippen molar-refractivity contribution in [3.8, 4) is 0 Å². The molecule has 2 aromatic heterocycles. The van der Waals surface area contributed by atoms with Crippen LogP contribution >= 0.6 is 55.1 Å². The molecule has 0 saturated heterocycles. The minimum Gasteiger partial charge on any atom is -0.437 e. The summed E-state index contributed by atoms with van der Waals surface area (Å²) in [4.78, 5) is 7.91. The molecule has 3 nitrogen and oxygen atoms in total. The highest BCUT2D eigenvalue weighted by atomic mass is 79.9. The van der Waals surface area contributed by atoms with E-state index in [1.54, 1.807) is 0 Å². The molecule has 3 rings (SSSR count). The van der Waals surface area contributed by atoms with Gasteiger partial charge in [0.1, 0.15) is 10.7 Å². The maximum absolute atomic E-state index is 6.05. The monoisotopic (exact) mass is 394 g/mol. The molecule has 0 atom stereocenters. The molecule has 86 valence electrons. The van der Waals surface area contributed by atoms with Crippen molar-refractivity contribution in [2.24, 2.45) is 0 Å². The Morgan fingerprint density at radius 3 is 2.53 bits per heavy atom. The Balaban J connectivity index is 2.56. The summed E-state index contributed by atoms with van der Waals surface area (Å²) in [5.74, 6) is 0. The average molecular weight is 397 g/mol. The third kappa shape index (κ3) is 1.85. The van der Waals surface area contributed by atoms with E-state index < -0.39 is 0 Å². The highest BCUT2D eigenvalue weighted by molar-refractivity contribution is 9.13. The number of aromatic nitrogens is 2. The van der Waals surface area contributed by atoms with Crippen LogP contribution in [-0.2, 0) is 0 Å². The van der Waals surface area contributed by atoms with Gasteiger partial charge in [0.05, 0.1) is 5.39 Å². The van der Waals surface area contributed by atoms with Crippen LogP contribution in [0.1, 0.15) is 0 Å². The number of hydrogen-bond acceptors (Lipinski definition) is 3. The predicted molar refractivity (Wildman–Crippen MR) is 74.7 cm³/mol. The molecule has 0 unspecified atom stereocenters. The summed E-state index contributed by atoms with van der Waals surface area (Å²) in [6.07, 6.45) is 0. The topological polar surface area (TPSA) is 38.9 Å². The van der Waals surface area contributed by atoms with E-state index in [1.807, 2.05) is 12.1 Å². The first kappa shape index (κ1) is 11.7. The number of benzene rings is 1. The van der Waals surface area contributed by atoms with Crippen LogP contribution in [-0.4, -0.2) is 9.97 Å². The van der Waals surface area contributed by atoms with E-state index in [9.17, 15) is 0 Å². The number of nitrogens with zero attached hydrogens (tertiary/aromatic N) is 2. The Morgan fingerprint density at radius 2 is 1.76 bits per heavy atom. The van der Waals surface area contributed by atoms with Gasteiger partial charge in [-0.1, -0.05) is 11.6 Å². The zero-order valence-electron chi connectivity index (χ0n) is 7.97. The van der Waals surface area contributed by atoms with Crippen LogP contribution in [0, 0.1) is 0 Å². The van der Waals surface area contributed by atoms with E-state index in [4.69, 9.17) is 27.6 Å². The maximum Gasteiger partial charge on any atom is 0.233 e. The van der Waals surface area contributed by atoms with Crippen molar-refractivity contribution in [2.45, 2.75) is 0 Å². The zero-order valence-corrected chi connectivity index (χ0v) is 12.7. The van der Waals surface area contributed by atoms with Crippen molar-refractivity contribution < 1.29 is 4.42 Å². The summed E-state index contributed by atoms with van der Waals surface area (Å²) in [7, 11) is 0. The molecule has 7 heteroatoms. The lowest BCUT2D eigenvalue weighted by Crippen LogP contribution is -1.83. The van der Waals surface area contributed by atoms with Gasteiger partial charge >= 0.3 is 0 Å². The highest BCUT2D eigenvalue weighted by Crippen LogP contribution is 2.37. The van der Waals surface area contributed by atoms with Gasteiger partial charge in [-0.05, 0) is 55.6 Å². The standard InChI is InChI=1S/C10H2Br2Cl2N2O/c11-4-1-3-6(2-5(4)12)17-9-7(3)8(13)15-10(14)16-9/h1-2H. The van der Waals surface area contributed by atoms with E-state index in [0.717, 1.165) is 14.3 Å². The first-order valence-corrected chi connectivity index (χ1v) is 6.81. The molecule has 17 heavy (non-hydrogen) atoms. The van der Waals surface area contributed by atoms with E-state index in [-0.39, 0.29) is 10.4 Å². The second-order valence-electron chi connectivity index (χ2n) is 3.33. The smallest absolute Gasteiger partial charge is 0.233 e. The summed E-state index contributed by atoms with van der Waals surface area (Å²) >= 11 is 18.6. The molecular weight excluding hydrogens is 395 g/mol. The van der Waals surface area contributed by atoms with Gasteiger partial charge in [-0.25, -0.2) is 4.98 Å².